The Hall–Kier alpha value is -0.565. The van der Waals surface area contributed by atoms with Gasteiger partial charge < -0.3 is 14.9 Å². The van der Waals surface area contributed by atoms with E-state index >= 15 is 0 Å². The summed E-state index contributed by atoms with van der Waals surface area (Å²) in [5, 5.41) is 17.9. The fourth-order valence-electron chi connectivity index (χ4n) is 1.29. The average Bonchev–Trinajstić information content (AvgIpc) is 2.30. The molecule has 0 amide bonds. The molecule has 66 valence electrons. The molecular weight excluding hydrogens is 162 g/mol. The molecule has 1 fully saturated rings. The highest BCUT2D eigenvalue weighted by atomic mass is 19.1. The van der Waals surface area contributed by atoms with Gasteiger partial charge in [0.05, 0.1) is 12.6 Å². The van der Waals surface area contributed by atoms with Crippen LogP contribution in [0.25, 0.3) is 0 Å². The van der Waals surface area contributed by atoms with Gasteiger partial charge in [0.1, 0.15) is 20.1 Å². The normalized spacial score (nSPS) is 47.3. The third-order valence-corrected chi connectivity index (χ3v) is 2.15. The van der Waals surface area contributed by atoms with Crippen LogP contribution >= 0.6 is 0 Å². The third kappa shape index (κ3) is 1.12. The van der Waals surface area contributed by atoms with E-state index in [0.29, 0.717) is 0 Å². The van der Waals surface area contributed by atoms with Crippen LogP contribution in [0.4, 0.5) is 4.39 Å². The Morgan fingerprint density at radius 3 is 2.58 bits per heavy atom. The van der Waals surface area contributed by atoms with Crippen molar-refractivity contribution in [1.82, 2.24) is 0 Å². The van der Waals surface area contributed by atoms with Crippen molar-refractivity contribution in [1.29, 1.82) is 0 Å². The molecule has 5 heteroatoms. The van der Waals surface area contributed by atoms with Crippen LogP contribution < -0.4 is 0 Å². The maximum atomic E-state index is 13.5. The monoisotopic (exact) mass is 172 g/mol. The summed E-state index contributed by atoms with van der Waals surface area (Å²) < 4.78 is 18.5. The number of alkyl halides is 1. The molecule has 1 heterocycles. The molecule has 1 rings (SSSR count). The van der Waals surface area contributed by atoms with Crippen molar-refractivity contribution in [3.8, 4) is 12.3 Å². The van der Waals surface area contributed by atoms with Gasteiger partial charge in [0.15, 0.2) is 0 Å². The molecule has 3 nitrogen and oxygen atoms in total. The Morgan fingerprint density at radius 2 is 2.33 bits per heavy atom. The summed E-state index contributed by atoms with van der Waals surface area (Å²) in [6, 6.07) is -0.880. The van der Waals surface area contributed by atoms with E-state index in [4.69, 9.17) is 16.3 Å². The first kappa shape index (κ1) is 9.52. The maximum Gasteiger partial charge on any atom is 0.216 e. The van der Waals surface area contributed by atoms with Gasteiger partial charge in [-0.25, -0.2) is 4.39 Å². The molecule has 0 aliphatic carbocycles. The quantitative estimate of drug-likeness (QED) is 0.356. The van der Waals surface area contributed by atoms with Crippen LogP contribution in [0, 0.1) is 12.3 Å². The van der Waals surface area contributed by atoms with E-state index in [1.807, 2.05) is 5.92 Å². The molecule has 0 aromatic carbocycles. The number of ether oxygens (including phenoxy) is 1. The van der Waals surface area contributed by atoms with Gasteiger partial charge in [0.25, 0.3) is 0 Å². The number of terminal acetylenes is 1. The van der Waals surface area contributed by atoms with Crippen LogP contribution in [0.5, 0.6) is 0 Å². The predicted molar refractivity (Wildman–Crippen MR) is 43.0 cm³/mol. The predicted octanol–water partition coefficient (Wildman–Crippen LogP) is -1.96. The van der Waals surface area contributed by atoms with Crippen molar-refractivity contribution in [2.75, 3.05) is 6.61 Å². The van der Waals surface area contributed by atoms with Crippen molar-refractivity contribution in [2.45, 2.75) is 23.9 Å². The highest BCUT2D eigenvalue weighted by Crippen LogP contribution is 2.32. The summed E-state index contributed by atoms with van der Waals surface area (Å²) in [5.41, 5.74) is -2.17. The summed E-state index contributed by atoms with van der Waals surface area (Å²) >= 11 is 0. The van der Waals surface area contributed by atoms with Crippen molar-refractivity contribution in [3.05, 3.63) is 0 Å². The van der Waals surface area contributed by atoms with Crippen molar-refractivity contribution in [2.24, 2.45) is 0 Å². The maximum absolute atomic E-state index is 13.5. The minimum absolute atomic E-state index is 0.432. The van der Waals surface area contributed by atoms with Gasteiger partial charge in [-0.2, -0.15) is 0 Å². The molecule has 0 aromatic heterocycles. The molecule has 12 heavy (non-hydrogen) atoms. The highest BCUT2D eigenvalue weighted by Gasteiger charge is 2.53. The van der Waals surface area contributed by atoms with E-state index in [-0.39, 0.29) is 0 Å². The lowest BCUT2D eigenvalue weighted by atomic mass is 9.82. The van der Waals surface area contributed by atoms with Crippen molar-refractivity contribution < 1.29 is 19.3 Å². The number of rotatable bonds is 1. The summed E-state index contributed by atoms with van der Waals surface area (Å²) in [6.45, 7) is -0.432. The highest BCUT2D eigenvalue weighted by molar-refractivity contribution is 6.12. The van der Waals surface area contributed by atoms with E-state index in [1.54, 1.807) is 0 Å². The second-order valence-electron chi connectivity index (χ2n) is 2.86. The molecule has 0 radical (unpaired) electrons. The third-order valence-electron chi connectivity index (χ3n) is 2.15. The molecule has 1 saturated heterocycles. The van der Waals surface area contributed by atoms with E-state index in [9.17, 15) is 9.50 Å². The van der Waals surface area contributed by atoms with E-state index < -0.39 is 30.5 Å². The second-order valence-corrected chi connectivity index (χ2v) is 2.86. The van der Waals surface area contributed by atoms with Crippen molar-refractivity contribution in [3.63, 3.8) is 0 Å². The Bertz CT molecular complexity index is 217. The fraction of sp³-hybridized carbons (Fsp3) is 0.714. The lowest BCUT2D eigenvalue weighted by molar-refractivity contribution is -0.00797. The average molecular weight is 172 g/mol. The molecule has 0 saturated carbocycles. The van der Waals surface area contributed by atoms with Crippen molar-refractivity contribution >= 4 is 7.85 Å². The van der Waals surface area contributed by atoms with Gasteiger partial charge >= 0.3 is 0 Å². The first-order valence-corrected chi connectivity index (χ1v) is 3.67. The first-order valence-electron chi connectivity index (χ1n) is 3.67. The SMILES string of the molecule is B[C@@H]1O[C@H](CO)C(O)C1(F)C#C. The molecule has 1 aliphatic rings. The summed E-state index contributed by atoms with van der Waals surface area (Å²) in [6.07, 6.45) is 2.56. The van der Waals surface area contributed by atoms with Crippen LogP contribution in [0.15, 0.2) is 0 Å². The molecule has 4 atom stereocenters. The van der Waals surface area contributed by atoms with E-state index in [1.165, 1.54) is 7.85 Å². The standard InChI is InChI=1S/C7H10BFO3/c1-2-7(9)5(11)4(3-10)12-6(7)8/h1,4-6,10-11H,3,8H2/t4-,5?,6-,7?/m1/s1. The van der Waals surface area contributed by atoms with Gasteiger partial charge in [-0.1, -0.05) is 5.92 Å². The van der Waals surface area contributed by atoms with Gasteiger partial charge in [-0.05, 0) is 0 Å². The molecule has 1 aliphatic heterocycles. The molecule has 2 unspecified atom stereocenters. The van der Waals surface area contributed by atoms with E-state index in [0.717, 1.165) is 0 Å². The zero-order chi connectivity index (χ0) is 9.35. The minimum atomic E-state index is -2.17. The van der Waals surface area contributed by atoms with Crippen LogP contribution in [0.2, 0.25) is 0 Å². The number of hydrogen-bond donors (Lipinski definition) is 2. The Balaban J connectivity index is 2.85. The van der Waals surface area contributed by atoms with Gasteiger partial charge in [-0.15, -0.1) is 6.42 Å². The number of hydrogen-bond acceptors (Lipinski definition) is 3. The van der Waals surface area contributed by atoms with Crippen LogP contribution in [0.3, 0.4) is 0 Å². The summed E-state index contributed by atoms with van der Waals surface area (Å²) in [7, 11) is 1.43. The van der Waals surface area contributed by atoms with Gasteiger partial charge in [0, 0.05) is 0 Å². The van der Waals surface area contributed by atoms with Crippen LogP contribution in [0.1, 0.15) is 0 Å². The lowest BCUT2D eigenvalue weighted by Crippen LogP contribution is -2.43. The first-order chi connectivity index (χ1) is 5.56. The Kier molecular flexibility index (Phi) is 2.42. The minimum Gasteiger partial charge on any atom is -0.394 e. The Morgan fingerprint density at radius 1 is 1.75 bits per heavy atom. The largest absolute Gasteiger partial charge is 0.394 e. The second kappa shape index (κ2) is 3.06. The van der Waals surface area contributed by atoms with Crippen LogP contribution in [-0.2, 0) is 4.74 Å². The molecular formula is C7H10BFO3. The number of halogens is 1. The zero-order valence-electron chi connectivity index (χ0n) is 6.70. The van der Waals surface area contributed by atoms with Crippen LogP contribution in [-0.4, -0.2) is 48.5 Å². The molecule has 0 bridgehead atoms. The number of aliphatic hydroxyl groups excluding tert-OH is 2. The molecule has 0 spiro atoms. The molecule has 0 aromatic rings. The zero-order valence-corrected chi connectivity index (χ0v) is 6.70. The van der Waals surface area contributed by atoms with E-state index in [2.05, 4.69) is 0 Å². The smallest absolute Gasteiger partial charge is 0.216 e. The lowest BCUT2D eigenvalue weighted by Gasteiger charge is -2.19. The summed E-state index contributed by atoms with van der Waals surface area (Å²) in [4.78, 5) is 0. The van der Waals surface area contributed by atoms with Gasteiger partial charge in [-0.3, -0.25) is 0 Å². The number of aliphatic hydroxyl groups is 2. The fourth-order valence-corrected chi connectivity index (χ4v) is 1.29. The molecule has 2 N–H and O–H groups in total. The Labute approximate surface area is 70.9 Å². The summed E-state index contributed by atoms with van der Waals surface area (Å²) in [5.74, 6) is 1.85. The topological polar surface area (TPSA) is 49.7 Å². The van der Waals surface area contributed by atoms with Gasteiger partial charge in [0.2, 0.25) is 5.67 Å².